The van der Waals surface area contributed by atoms with E-state index in [-0.39, 0.29) is 11.5 Å². The van der Waals surface area contributed by atoms with Gasteiger partial charge in [0, 0.05) is 5.56 Å². The number of aryl methyl sites for hydroxylation is 1. The summed E-state index contributed by atoms with van der Waals surface area (Å²) in [5, 5.41) is 19.4. The maximum absolute atomic E-state index is 9.71. The maximum Gasteiger partial charge on any atom is 0.122 e. The third-order valence-electron chi connectivity index (χ3n) is 4.16. The molecule has 2 nitrogen and oxygen atoms in total. The van der Waals surface area contributed by atoms with Crippen molar-refractivity contribution in [2.24, 2.45) is 0 Å². The summed E-state index contributed by atoms with van der Waals surface area (Å²) in [7, 11) is 0. The summed E-state index contributed by atoms with van der Waals surface area (Å²) in [6.07, 6.45) is 20.8. The Balaban J connectivity index is 2.03. The molecule has 0 heterocycles. The zero-order chi connectivity index (χ0) is 17.6. The molecule has 2 heteroatoms. The minimum Gasteiger partial charge on any atom is -0.508 e. The van der Waals surface area contributed by atoms with Crippen molar-refractivity contribution in [1.29, 1.82) is 0 Å². The lowest BCUT2D eigenvalue weighted by Crippen LogP contribution is -1.88. The largest absolute Gasteiger partial charge is 0.508 e. The van der Waals surface area contributed by atoms with Crippen LogP contribution in [0.4, 0.5) is 0 Å². The van der Waals surface area contributed by atoms with Crippen LogP contribution in [0, 0.1) is 6.92 Å². The molecule has 0 bridgehead atoms. The van der Waals surface area contributed by atoms with Gasteiger partial charge in [0.05, 0.1) is 0 Å². The minimum atomic E-state index is 0.191. The van der Waals surface area contributed by atoms with Gasteiger partial charge in [-0.1, -0.05) is 49.6 Å². The third-order valence-corrected chi connectivity index (χ3v) is 4.16. The van der Waals surface area contributed by atoms with Crippen molar-refractivity contribution in [2.45, 2.75) is 64.7 Å². The average molecular weight is 328 g/mol. The maximum atomic E-state index is 9.71. The van der Waals surface area contributed by atoms with Crippen molar-refractivity contribution in [2.75, 3.05) is 0 Å². The first-order valence-electron chi connectivity index (χ1n) is 9.07. The second-order valence-corrected chi connectivity index (χ2v) is 6.27. The van der Waals surface area contributed by atoms with E-state index >= 15 is 0 Å². The quantitative estimate of drug-likeness (QED) is 0.346. The molecule has 1 rings (SSSR count). The first kappa shape index (κ1) is 20.1. The van der Waals surface area contributed by atoms with Crippen LogP contribution in [-0.2, 0) is 6.42 Å². The van der Waals surface area contributed by atoms with Crippen LogP contribution in [-0.4, -0.2) is 10.2 Å². The Hall–Kier alpha value is -1.96. The molecule has 0 aromatic heterocycles. The monoisotopic (exact) mass is 328 g/mol. The van der Waals surface area contributed by atoms with Crippen LogP contribution in [0.25, 0.3) is 0 Å². The van der Waals surface area contributed by atoms with Crippen LogP contribution in [0.3, 0.4) is 0 Å². The van der Waals surface area contributed by atoms with E-state index < -0.39 is 0 Å². The molecule has 0 aliphatic rings. The second-order valence-electron chi connectivity index (χ2n) is 6.27. The Morgan fingerprint density at radius 1 is 0.833 bits per heavy atom. The van der Waals surface area contributed by atoms with Crippen LogP contribution < -0.4 is 0 Å². The normalized spacial score (nSPS) is 11.5. The lowest BCUT2D eigenvalue weighted by atomic mass is 10.0. The van der Waals surface area contributed by atoms with Crippen molar-refractivity contribution >= 4 is 0 Å². The Morgan fingerprint density at radius 3 is 2.12 bits per heavy atom. The van der Waals surface area contributed by atoms with Gasteiger partial charge in [-0.15, -0.1) is 6.58 Å². The number of unbranched alkanes of at least 4 members (excludes halogenated alkanes) is 5. The molecule has 0 unspecified atom stereocenters. The summed E-state index contributed by atoms with van der Waals surface area (Å²) in [4.78, 5) is 0. The van der Waals surface area contributed by atoms with Gasteiger partial charge < -0.3 is 10.2 Å². The highest BCUT2D eigenvalue weighted by Crippen LogP contribution is 2.28. The molecule has 0 aliphatic heterocycles. The Morgan fingerprint density at radius 2 is 1.42 bits per heavy atom. The summed E-state index contributed by atoms with van der Waals surface area (Å²) in [6, 6.07) is 3.53. The Kier molecular flexibility index (Phi) is 10.4. The van der Waals surface area contributed by atoms with Gasteiger partial charge in [0.25, 0.3) is 0 Å². The van der Waals surface area contributed by atoms with Crippen LogP contribution in [0.1, 0.15) is 62.5 Å². The molecular formula is C22H32O2. The summed E-state index contributed by atoms with van der Waals surface area (Å²) >= 11 is 0. The van der Waals surface area contributed by atoms with Gasteiger partial charge in [-0.3, -0.25) is 0 Å². The van der Waals surface area contributed by atoms with Crippen LogP contribution in [0.15, 0.2) is 49.1 Å². The smallest absolute Gasteiger partial charge is 0.122 e. The summed E-state index contributed by atoms with van der Waals surface area (Å²) in [5.74, 6) is 0.382. The van der Waals surface area contributed by atoms with Gasteiger partial charge in [-0.05, 0) is 63.1 Å². The van der Waals surface area contributed by atoms with Crippen LogP contribution >= 0.6 is 0 Å². The molecular weight excluding hydrogens is 296 g/mol. The highest BCUT2D eigenvalue weighted by Gasteiger charge is 2.04. The van der Waals surface area contributed by atoms with E-state index in [0.29, 0.717) is 5.56 Å². The fourth-order valence-electron chi connectivity index (χ4n) is 2.59. The number of phenolic OH excluding ortho intramolecular Hbond substituents is 2. The van der Waals surface area contributed by atoms with Gasteiger partial charge in [0.15, 0.2) is 0 Å². The first-order valence-corrected chi connectivity index (χ1v) is 9.07. The van der Waals surface area contributed by atoms with Gasteiger partial charge in [0.1, 0.15) is 11.5 Å². The van der Waals surface area contributed by atoms with Crippen LogP contribution in [0.5, 0.6) is 11.5 Å². The number of allylic oxidation sites excluding steroid dienone is 5. The zero-order valence-corrected chi connectivity index (χ0v) is 15.0. The van der Waals surface area contributed by atoms with E-state index in [9.17, 15) is 10.2 Å². The van der Waals surface area contributed by atoms with E-state index in [4.69, 9.17) is 0 Å². The van der Waals surface area contributed by atoms with E-state index in [2.05, 4.69) is 30.9 Å². The predicted octanol–water partition coefficient (Wildman–Crippen LogP) is 6.37. The van der Waals surface area contributed by atoms with E-state index in [1.54, 1.807) is 19.1 Å². The Labute approximate surface area is 147 Å². The minimum absolute atomic E-state index is 0.191. The lowest BCUT2D eigenvalue weighted by molar-refractivity contribution is 0.441. The van der Waals surface area contributed by atoms with E-state index in [1.165, 1.54) is 25.7 Å². The van der Waals surface area contributed by atoms with Gasteiger partial charge in [-0.25, -0.2) is 0 Å². The fourth-order valence-corrected chi connectivity index (χ4v) is 2.59. The second kappa shape index (κ2) is 12.5. The highest BCUT2D eigenvalue weighted by atomic mass is 16.3. The number of hydrogen-bond donors (Lipinski definition) is 2. The van der Waals surface area contributed by atoms with Gasteiger partial charge in [-0.2, -0.15) is 0 Å². The standard InChI is InChI=1S/C22H32O2/c1-3-4-5-6-7-8-9-10-11-12-13-14-15-16-20-17-21(23)19(2)22(24)18-20/h3,5-6,8-9,17-18,23-24H,1,4,7,10-16H2,2H3/b6-5+,9-8+. The molecule has 24 heavy (non-hydrogen) atoms. The fraction of sp³-hybridized carbons (Fsp3) is 0.455. The number of rotatable bonds is 12. The average Bonchev–Trinajstić information content (AvgIpc) is 2.56. The predicted molar refractivity (Wildman–Crippen MR) is 104 cm³/mol. The van der Waals surface area contributed by atoms with E-state index in [0.717, 1.165) is 37.7 Å². The zero-order valence-electron chi connectivity index (χ0n) is 15.0. The molecule has 0 saturated heterocycles. The van der Waals surface area contributed by atoms with Gasteiger partial charge >= 0.3 is 0 Å². The van der Waals surface area contributed by atoms with Crippen LogP contribution in [0.2, 0.25) is 0 Å². The summed E-state index contributed by atoms with van der Waals surface area (Å²) in [5.41, 5.74) is 1.58. The summed E-state index contributed by atoms with van der Waals surface area (Å²) in [6.45, 7) is 5.41. The van der Waals surface area contributed by atoms with Crippen molar-refractivity contribution < 1.29 is 10.2 Å². The molecule has 0 spiro atoms. The molecule has 132 valence electrons. The lowest BCUT2D eigenvalue weighted by Gasteiger charge is -2.07. The molecule has 1 aromatic rings. The van der Waals surface area contributed by atoms with E-state index in [1.807, 2.05) is 6.08 Å². The number of benzene rings is 1. The number of phenols is 2. The summed E-state index contributed by atoms with van der Waals surface area (Å²) < 4.78 is 0. The molecule has 0 saturated carbocycles. The number of aromatic hydroxyl groups is 2. The van der Waals surface area contributed by atoms with Crippen molar-refractivity contribution in [3.63, 3.8) is 0 Å². The molecule has 0 aliphatic carbocycles. The highest BCUT2D eigenvalue weighted by molar-refractivity contribution is 5.45. The first-order chi connectivity index (χ1) is 11.6. The molecule has 0 fully saturated rings. The third kappa shape index (κ3) is 8.61. The molecule has 1 aromatic carbocycles. The van der Waals surface area contributed by atoms with Crippen molar-refractivity contribution in [3.8, 4) is 11.5 Å². The molecule has 0 amide bonds. The Bertz CT molecular complexity index is 518. The molecule has 0 radical (unpaired) electrons. The number of hydrogen-bond acceptors (Lipinski definition) is 2. The topological polar surface area (TPSA) is 40.5 Å². The van der Waals surface area contributed by atoms with Crippen molar-refractivity contribution in [3.05, 3.63) is 60.2 Å². The van der Waals surface area contributed by atoms with Gasteiger partial charge in [0.2, 0.25) is 0 Å². The van der Waals surface area contributed by atoms with Crippen molar-refractivity contribution in [1.82, 2.24) is 0 Å². The molecule has 2 N–H and O–H groups in total. The SMILES string of the molecule is C=CC/C=C/C/C=C/CCCCCCCc1cc(O)c(C)c(O)c1. The molecule has 0 atom stereocenters.